The van der Waals surface area contributed by atoms with Crippen molar-refractivity contribution in [2.75, 3.05) is 6.61 Å². The van der Waals surface area contributed by atoms with Crippen molar-refractivity contribution in [1.29, 1.82) is 0 Å². The highest BCUT2D eigenvalue weighted by Crippen LogP contribution is 2.43. The number of aliphatic hydroxyl groups is 1. The van der Waals surface area contributed by atoms with E-state index in [0.717, 1.165) is 31.7 Å². The zero-order chi connectivity index (χ0) is 16.4. The monoisotopic (exact) mass is 323 g/mol. The second kappa shape index (κ2) is 6.56. The molecule has 23 heavy (non-hydrogen) atoms. The minimum atomic E-state index is -0.902. The quantitative estimate of drug-likeness (QED) is 0.845. The van der Waals surface area contributed by atoms with Gasteiger partial charge in [0.05, 0.1) is 5.41 Å². The van der Waals surface area contributed by atoms with Crippen molar-refractivity contribution in [3.8, 4) is 0 Å². The van der Waals surface area contributed by atoms with Crippen LogP contribution in [0.25, 0.3) is 0 Å². The summed E-state index contributed by atoms with van der Waals surface area (Å²) in [5.74, 6) is -1.03. The van der Waals surface area contributed by atoms with Crippen LogP contribution in [-0.2, 0) is 10.2 Å². The molecule has 2 saturated carbocycles. The van der Waals surface area contributed by atoms with Gasteiger partial charge in [-0.1, -0.05) is 18.9 Å². The number of nitrogens with one attached hydrogen (secondary N) is 1. The van der Waals surface area contributed by atoms with Gasteiger partial charge in [0.1, 0.15) is 11.6 Å². The van der Waals surface area contributed by atoms with Crippen LogP contribution < -0.4 is 5.32 Å². The van der Waals surface area contributed by atoms with Gasteiger partial charge >= 0.3 is 0 Å². The second-order valence-corrected chi connectivity index (χ2v) is 6.84. The first-order valence-corrected chi connectivity index (χ1v) is 8.44. The first kappa shape index (κ1) is 16.4. The van der Waals surface area contributed by atoms with Gasteiger partial charge in [0, 0.05) is 24.3 Å². The van der Waals surface area contributed by atoms with E-state index in [4.69, 9.17) is 0 Å². The molecule has 3 nitrogen and oxygen atoms in total. The van der Waals surface area contributed by atoms with Crippen molar-refractivity contribution in [2.45, 2.75) is 56.4 Å². The van der Waals surface area contributed by atoms with E-state index in [2.05, 4.69) is 5.32 Å². The number of amides is 1. The molecule has 1 aromatic rings. The van der Waals surface area contributed by atoms with E-state index in [9.17, 15) is 18.7 Å². The molecule has 2 N–H and O–H groups in total. The van der Waals surface area contributed by atoms with Gasteiger partial charge in [-0.3, -0.25) is 4.79 Å². The van der Waals surface area contributed by atoms with E-state index in [1.807, 2.05) is 0 Å². The smallest absolute Gasteiger partial charge is 0.230 e. The summed E-state index contributed by atoms with van der Waals surface area (Å²) in [6, 6.07) is 3.44. The SMILES string of the molecule is O=C(NC(CCO)C1CC1)C1(c2ccc(F)cc2F)CCCC1. The zero-order valence-electron chi connectivity index (χ0n) is 13.2. The summed E-state index contributed by atoms with van der Waals surface area (Å²) in [5.41, 5.74) is -0.604. The lowest BCUT2D eigenvalue weighted by molar-refractivity contribution is -0.127. The number of hydrogen-bond donors (Lipinski definition) is 2. The Bertz CT molecular complexity index is 580. The highest BCUT2D eigenvalue weighted by molar-refractivity contribution is 5.89. The van der Waals surface area contributed by atoms with Gasteiger partial charge in [-0.25, -0.2) is 8.78 Å². The molecular weight excluding hydrogens is 300 g/mol. The van der Waals surface area contributed by atoms with E-state index in [0.29, 0.717) is 30.7 Å². The highest BCUT2D eigenvalue weighted by Gasteiger charge is 2.46. The highest BCUT2D eigenvalue weighted by atomic mass is 19.1. The molecule has 0 radical (unpaired) electrons. The molecule has 1 atom stereocenters. The first-order chi connectivity index (χ1) is 11.1. The number of hydrogen-bond acceptors (Lipinski definition) is 2. The van der Waals surface area contributed by atoms with Crippen LogP contribution in [0.2, 0.25) is 0 Å². The second-order valence-electron chi connectivity index (χ2n) is 6.84. The lowest BCUT2D eigenvalue weighted by atomic mass is 9.77. The van der Waals surface area contributed by atoms with Gasteiger partial charge in [-0.05, 0) is 44.1 Å². The molecule has 0 heterocycles. The van der Waals surface area contributed by atoms with Crippen molar-refractivity contribution in [3.05, 3.63) is 35.4 Å². The summed E-state index contributed by atoms with van der Waals surface area (Å²) >= 11 is 0. The molecule has 1 amide bonds. The zero-order valence-corrected chi connectivity index (χ0v) is 13.2. The van der Waals surface area contributed by atoms with Crippen LogP contribution in [0.4, 0.5) is 8.78 Å². The van der Waals surface area contributed by atoms with Crippen molar-refractivity contribution >= 4 is 5.91 Å². The number of carbonyl (C=O) groups excluding carboxylic acids is 1. The van der Waals surface area contributed by atoms with Crippen LogP contribution in [0.5, 0.6) is 0 Å². The van der Waals surface area contributed by atoms with Gasteiger partial charge < -0.3 is 10.4 Å². The van der Waals surface area contributed by atoms with Crippen LogP contribution in [0.3, 0.4) is 0 Å². The van der Waals surface area contributed by atoms with Gasteiger partial charge in [-0.2, -0.15) is 0 Å². The molecule has 0 bridgehead atoms. The third kappa shape index (κ3) is 3.25. The Morgan fingerprint density at radius 2 is 2.00 bits per heavy atom. The summed E-state index contributed by atoms with van der Waals surface area (Å²) in [6.45, 7) is 0.0271. The maximum atomic E-state index is 14.3. The third-order valence-corrected chi connectivity index (χ3v) is 5.29. The van der Waals surface area contributed by atoms with Crippen molar-refractivity contribution < 1.29 is 18.7 Å². The van der Waals surface area contributed by atoms with E-state index in [1.165, 1.54) is 12.1 Å². The van der Waals surface area contributed by atoms with Crippen LogP contribution in [0.1, 0.15) is 50.5 Å². The van der Waals surface area contributed by atoms with Gasteiger partial charge in [0.15, 0.2) is 0 Å². The first-order valence-electron chi connectivity index (χ1n) is 8.44. The van der Waals surface area contributed by atoms with E-state index in [-0.39, 0.29) is 18.6 Å². The largest absolute Gasteiger partial charge is 0.396 e. The Kier molecular flexibility index (Phi) is 4.67. The maximum Gasteiger partial charge on any atom is 0.230 e. The van der Waals surface area contributed by atoms with E-state index < -0.39 is 17.0 Å². The summed E-state index contributed by atoms with van der Waals surface area (Å²) in [5, 5.41) is 12.2. The Morgan fingerprint density at radius 3 is 2.57 bits per heavy atom. The van der Waals surface area contributed by atoms with Crippen molar-refractivity contribution in [2.24, 2.45) is 5.92 Å². The summed E-state index contributed by atoms with van der Waals surface area (Å²) in [4.78, 5) is 13.0. The van der Waals surface area contributed by atoms with Crippen molar-refractivity contribution in [1.82, 2.24) is 5.32 Å². The maximum absolute atomic E-state index is 14.3. The lowest BCUT2D eigenvalue weighted by Crippen LogP contribution is -2.48. The molecule has 1 unspecified atom stereocenters. The number of halogens is 2. The fourth-order valence-electron chi connectivity index (χ4n) is 3.84. The molecule has 5 heteroatoms. The molecule has 0 saturated heterocycles. The van der Waals surface area contributed by atoms with Gasteiger partial charge in [0.2, 0.25) is 5.91 Å². The average Bonchev–Trinajstić information content (AvgIpc) is 3.24. The summed E-state index contributed by atoms with van der Waals surface area (Å²) in [6.07, 6.45) is 5.52. The topological polar surface area (TPSA) is 49.3 Å². The number of aliphatic hydroxyl groups excluding tert-OH is 1. The molecular formula is C18H23F2NO2. The fourth-order valence-corrected chi connectivity index (χ4v) is 3.84. The standard InChI is InChI=1S/C18H23F2NO2/c19-13-5-6-14(15(20)11-13)18(8-1-2-9-18)17(23)21-16(7-10-22)12-3-4-12/h5-6,11-12,16,22H,1-4,7-10H2,(H,21,23). The average molecular weight is 323 g/mol. The molecule has 0 aliphatic heterocycles. The Balaban J connectivity index is 1.86. The van der Waals surface area contributed by atoms with Crippen LogP contribution >= 0.6 is 0 Å². The third-order valence-electron chi connectivity index (χ3n) is 5.29. The molecule has 0 spiro atoms. The molecule has 126 valence electrons. The molecule has 1 aromatic carbocycles. The summed E-state index contributed by atoms with van der Waals surface area (Å²) < 4.78 is 27.5. The van der Waals surface area contributed by atoms with Crippen LogP contribution in [-0.4, -0.2) is 23.7 Å². The minimum Gasteiger partial charge on any atom is -0.396 e. The molecule has 0 aromatic heterocycles. The fraction of sp³-hybridized carbons (Fsp3) is 0.611. The predicted octanol–water partition coefficient (Wildman–Crippen LogP) is 3.05. The molecule has 2 aliphatic rings. The van der Waals surface area contributed by atoms with Gasteiger partial charge in [0.25, 0.3) is 0 Å². The predicted molar refractivity (Wildman–Crippen MR) is 82.9 cm³/mol. The lowest BCUT2D eigenvalue weighted by Gasteiger charge is -2.31. The van der Waals surface area contributed by atoms with Crippen LogP contribution in [0.15, 0.2) is 18.2 Å². The summed E-state index contributed by atoms with van der Waals surface area (Å²) in [7, 11) is 0. The normalized spacial score (nSPS) is 21.2. The van der Waals surface area contributed by atoms with Gasteiger partial charge in [-0.15, -0.1) is 0 Å². The molecule has 3 rings (SSSR count). The number of rotatable bonds is 6. The molecule has 2 fully saturated rings. The van der Waals surface area contributed by atoms with E-state index in [1.54, 1.807) is 0 Å². The Hall–Kier alpha value is -1.49. The molecule has 2 aliphatic carbocycles. The van der Waals surface area contributed by atoms with E-state index >= 15 is 0 Å². The van der Waals surface area contributed by atoms with Crippen LogP contribution in [0, 0.1) is 17.6 Å². The number of benzene rings is 1. The Labute approximate surface area is 135 Å². The van der Waals surface area contributed by atoms with Crippen molar-refractivity contribution in [3.63, 3.8) is 0 Å². The minimum absolute atomic E-state index is 0.0271. The Morgan fingerprint density at radius 1 is 1.30 bits per heavy atom. The number of carbonyl (C=O) groups is 1.